The molecule has 18 heavy (non-hydrogen) atoms. The third-order valence-corrected chi connectivity index (χ3v) is 6.52. The fourth-order valence-corrected chi connectivity index (χ4v) is 2.64. The van der Waals surface area contributed by atoms with Crippen LogP contribution in [0.15, 0.2) is 34.9 Å². The van der Waals surface area contributed by atoms with Crippen molar-refractivity contribution in [3.8, 4) is 0 Å². The van der Waals surface area contributed by atoms with Crippen molar-refractivity contribution in [3.05, 3.63) is 34.9 Å². The van der Waals surface area contributed by atoms with Crippen molar-refractivity contribution in [2.24, 2.45) is 0 Å². The Morgan fingerprint density at radius 1 is 1.28 bits per heavy atom. The summed E-state index contributed by atoms with van der Waals surface area (Å²) in [5.41, 5.74) is 1.58. The van der Waals surface area contributed by atoms with Crippen LogP contribution in [-0.2, 0) is 11.5 Å². The van der Waals surface area contributed by atoms with E-state index in [9.17, 15) is 0 Å². The van der Waals surface area contributed by atoms with Crippen LogP contribution in [0.2, 0.25) is 19.6 Å². The summed E-state index contributed by atoms with van der Waals surface area (Å²) in [6.45, 7) is 9.82. The van der Waals surface area contributed by atoms with Crippen molar-refractivity contribution in [2.45, 2.75) is 39.0 Å². The van der Waals surface area contributed by atoms with Crippen LogP contribution >= 0.6 is 15.9 Å². The molecule has 0 radical (unpaired) electrons. The molecule has 0 fully saturated rings. The molecular weight excluding hydrogens is 306 g/mol. The maximum absolute atomic E-state index is 6.01. The Bertz CT molecular complexity index is 544. The summed E-state index contributed by atoms with van der Waals surface area (Å²) < 4.78 is 9.28. The van der Waals surface area contributed by atoms with Gasteiger partial charge in [0.15, 0.2) is 0 Å². The maximum atomic E-state index is 6.01. The van der Waals surface area contributed by atoms with Gasteiger partial charge in [0.1, 0.15) is 6.73 Å². The van der Waals surface area contributed by atoms with Crippen LogP contribution in [0.25, 0.3) is 10.9 Å². The number of halogens is 1. The molecular formula is C14H20BrNOSi. The van der Waals surface area contributed by atoms with E-state index in [2.05, 4.69) is 77.5 Å². The molecule has 0 aliphatic carbocycles. The molecule has 1 atom stereocenters. The van der Waals surface area contributed by atoms with Crippen LogP contribution in [0.5, 0.6) is 0 Å². The second-order valence-electron chi connectivity index (χ2n) is 5.79. The van der Waals surface area contributed by atoms with Gasteiger partial charge in [-0.2, -0.15) is 0 Å². The minimum Gasteiger partial charge on any atom is -0.361 e. The van der Waals surface area contributed by atoms with Gasteiger partial charge in [0.2, 0.25) is 0 Å². The zero-order valence-electron chi connectivity index (χ0n) is 11.4. The van der Waals surface area contributed by atoms with Gasteiger partial charge in [-0.25, -0.2) is 0 Å². The van der Waals surface area contributed by atoms with Gasteiger partial charge in [-0.15, -0.1) is 0 Å². The van der Waals surface area contributed by atoms with E-state index in [0.717, 1.165) is 4.47 Å². The number of hydrogen-bond donors (Lipinski definition) is 0. The molecule has 4 heteroatoms. The van der Waals surface area contributed by atoms with E-state index in [1.807, 2.05) is 0 Å². The summed E-state index contributed by atoms with van der Waals surface area (Å²) >= 11 is 3.52. The standard InChI is InChI=1S/C14H20BrNOSi/c1-11(18(2,3)4)17-10-16-8-7-12-5-6-13(15)9-14(12)16/h5-9,11H,10H2,1-4H3. The van der Waals surface area contributed by atoms with Crippen molar-refractivity contribution in [3.63, 3.8) is 0 Å². The second kappa shape index (κ2) is 5.19. The van der Waals surface area contributed by atoms with Gasteiger partial charge in [-0.3, -0.25) is 0 Å². The topological polar surface area (TPSA) is 14.2 Å². The Labute approximate surface area is 118 Å². The lowest BCUT2D eigenvalue weighted by atomic mass is 10.2. The molecule has 0 aliphatic heterocycles. The minimum atomic E-state index is -1.22. The van der Waals surface area contributed by atoms with E-state index in [0.29, 0.717) is 12.5 Å². The highest BCUT2D eigenvalue weighted by Crippen LogP contribution is 2.21. The molecule has 98 valence electrons. The van der Waals surface area contributed by atoms with Crippen LogP contribution in [0, 0.1) is 0 Å². The first-order valence-corrected chi connectivity index (χ1v) is 10.6. The van der Waals surface area contributed by atoms with Gasteiger partial charge in [-0.1, -0.05) is 41.6 Å². The van der Waals surface area contributed by atoms with Gasteiger partial charge in [0.25, 0.3) is 0 Å². The lowest BCUT2D eigenvalue weighted by Gasteiger charge is -2.25. The Kier molecular flexibility index (Phi) is 3.99. The monoisotopic (exact) mass is 325 g/mol. The summed E-state index contributed by atoms with van der Waals surface area (Å²) in [5.74, 6) is 0. The quantitative estimate of drug-likeness (QED) is 0.746. The summed E-state index contributed by atoms with van der Waals surface area (Å²) in [7, 11) is -1.22. The van der Waals surface area contributed by atoms with Crippen LogP contribution in [0.4, 0.5) is 0 Å². The number of rotatable bonds is 4. The summed E-state index contributed by atoms with van der Waals surface area (Å²) in [5, 5.41) is 1.25. The van der Waals surface area contributed by atoms with E-state index >= 15 is 0 Å². The third kappa shape index (κ3) is 3.05. The number of nitrogens with zero attached hydrogens (tertiary/aromatic N) is 1. The molecule has 0 bridgehead atoms. The lowest BCUT2D eigenvalue weighted by Crippen LogP contribution is -2.38. The van der Waals surface area contributed by atoms with Crippen LogP contribution < -0.4 is 0 Å². The lowest BCUT2D eigenvalue weighted by molar-refractivity contribution is 0.0593. The third-order valence-electron chi connectivity index (χ3n) is 3.42. The molecule has 0 amide bonds. The predicted octanol–water partition coefficient (Wildman–Crippen LogP) is 4.64. The number of benzene rings is 1. The Morgan fingerprint density at radius 3 is 2.67 bits per heavy atom. The smallest absolute Gasteiger partial charge is 0.122 e. The highest BCUT2D eigenvalue weighted by atomic mass is 79.9. The number of aromatic nitrogens is 1. The molecule has 0 spiro atoms. The Morgan fingerprint density at radius 2 is 2.00 bits per heavy atom. The largest absolute Gasteiger partial charge is 0.361 e. The van der Waals surface area contributed by atoms with Crippen LogP contribution in [-0.4, -0.2) is 18.4 Å². The molecule has 2 nitrogen and oxygen atoms in total. The van der Waals surface area contributed by atoms with Crippen molar-refractivity contribution >= 4 is 34.9 Å². The number of fused-ring (bicyclic) bond motifs is 1. The molecule has 0 aliphatic rings. The summed E-state index contributed by atoms with van der Waals surface area (Å²) in [6, 6.07) is 8.46. The molecule has 1 aromatic heterocycles. The molecule has 2 rings (SSSR count). The first-order chi connectivity index (χ1) is 8.38. The molecule has 1 unspecified atom stereocenters. The van der Waals surface area contributed by atoms with Crippen molar-refractivity contribution < 1.29 is 4.74 Å². The van der Waals surface area contributed by atoms with E-state index in [-0.39, 0.29) is 0 Å². The van der Waals surface area contributed by atoms with Gasteiger partial charge in [0.05, 0.1) is 13.6 Å². The maximum Gasteiger partial charge on any atom is 0.122 e. The fraction of sp³-hybridized carbons (Fsp3) is 0.429. The van der Waals surface area contributed by atoms with Gasteiger partial charge < -0.3 is 9.30 Å². The van der Waals surface area contributed by atoms with E-state index in [1.54, 1.807) is 0 Å². The summed E-state index contributed by atoms with van der Waals surface area (Å²) in [6.07, 6.45) is 2.09. The SMILES string of the molecule is CC(OCn1ccc2ccc(Br)cc21)[Si](C)(C)C. The average Bonchev–Trinajstić information content (AvgIpc) is 2.67. The predicted molar refractivity (Wildman–Crippen MR) is 83.5 cm³/mol. The van der Waals surface area contributed by atoms with Crippen molar-refractivity contribution in [1.29, 1.82) is 0 Å². The van der Waals surface area contributed by atoms with E-state index in [1.165, 1.54) is 10.9 Å². The van der Waals surface area contributed by atoms with Crippen LogP contribution in [0.1, 0.15) is 6.92 Å². The van der Waals surface area contributed by atoms with Gasteiger partial charge in [-0.05, 0) is 30.5 Å². The number of hydrogen-bond acceptors (Lipinski definition) is 1. The van der Waals surface area contributed by atoms with Gasteiger partial charge >= 0.3 is 0 Å². The van der Waals surface area contributed by atoms with Crippen molar-refractivity contribution in [2.75, 3.05) is 0 Å². The Hall–Kier alpha value is -0.583. The second-order valence-corrected chi connectivity index (χ2v) is 12.3. The first-order valence-electron chi connectivity index (χ1n) is 6.24. The first kappa shape index (κ1) is 13.8. The molecule has 0 saturated carbocycles. The zero-order valence-corrected chi connectivity index (χ0v) is 14.0. The van der Waals surface area contributed by atoms with Crippen molar-refractivity contribution in [1.82, 2.24) is 4.57 Å². The normalized spacial score (nSPS) is 14.1. The van der Waals surface area contributed by atoms with E-state index in [4.69, 9.17) is 4.74 Å². The molecule has 0 saturated heterocycles. The summed E-state index contributed by atoms with van der Waals surface area (Å²) in [4.78, 5) is 0. The zero-order chi connectivity index (χ0) is 13.3. The van der Waals surface area contributed by atoms with Gasteiger partial charge in [0, 0.05) is 16.4 Å². The Balaban J connectivity index is 2.15. The molecule has 1 heterocycles. The molecule has 2 aromatic rings. The molecule has 1 aromatic carbocycles. The number of ether oxygens (including phenoxy) is 1. The average molecular weight is 326 g/mol. The van der Waals surface area contributed by atoms with E-state index < -0.39 is 8.07 Å². The fourth-order valence-electron chi connectivity index (χ4n) is 1.71. The highest BCUT2D eigenvalue weighted by Gasteiger charge is 2.23. The molecule has 0 N–H and O–H groups in total. The minimum absolute atomic E-state index is 0.363. The van der Waals surface area contributed by atoms with Crippen LogP contribution in [0.3, 0.4) is 0 Å². The highest BCUT2D eigenvalue weighted by molar-refractivity contribution is 9.10.